The summed E-state index contributed by atoms with van der Waals surface area (Å²) in [6, 6.07) is -0.799. The van der Waals surface area contributed by atoms with Crippen molar-refractivity contribution < 1.29 is 9.90 Å². The van der Waals surface area contributed by atoms with Crippen LogP contribution in [-0.2, 0) is 4.79 Å². The highest BCUT2D eigenvalue weighted by Gasteiger charge is 2.33. The van der Waals surface area contributed by atoms with Gasteiger partial charge in [-0.15, -0.1) is 0 Å². The van der Waals surface area contributed by atoms with Crippen molar-refractivity contribution in [2.45, 2.75) is 56.6 Å². The number of aliphatic carboxylic acids is 1. The second-order valence-corrected chi connectivity index (χ2v) is 6.23. The molecule has 0 aliphatic rings. The molecule has 0 saturated heterocycles. The number of hydrogen-bond donors (Lipinski definition) is 2. The predicted molar refractivity (Wildman–Crippen MR) is 61.7 cm³/mol. The molecule has 0 bridgehead atoms. The van der Waals surface area contributed by atoms with Crippen molar-refractivity contribution in [2.24, 2.45) is 5.73 Å². The van der Waals surface area contributed by atoms with Crippen molar-refractivity contribution in [3.63, 3.8) is 0 Å². The lowest BCUT2D eigenvalue weighted by atomic mass is 10.1. The smallest absolute Gasteiger partial charge is 0.321 e. The van der Waals surface area contributed by atoms with Gasteiger partial charge in [-0.1, -0.05) is 20.3 Å². The van der Waals surface area contributed by atoms with Crippen LogP contribution in [0.4, 0.5) is 0 Å². The molecule has 0 aromatic heterocycles. The first-order valence-electron chi connectivity index (χ1n) is 4.97. The molecule has 0 rings (SSSR count). The summed E-state index contributed by atoms with van der Waals surface area (Å²) in [7, 11) is 0. The normalized spacial score (nSPS) is 16.4. The highest BCUT2D eigenvalue weighted by atomic mass is 32.2. The zero-order chi connectivity index (χ0) is 11.4. The lowest BCUT2D eigenvalue weighted by molar-refractivity contribution is -0.139. The van der Waals surface area contributed by atoms with Gasteiger partial charge >= 0.3 is 5.97 Å². The third-order valence-electron chi connectivity index (χ3n) is 2.22. The second kappa shape index (κ2) is 5.61. The van der Waals surface area contributed by atoms with Gasteiger partial charge in [0.25, 0.3) is 0 Å². The van der Waals surface area contributed by atoms with Crippen molar-refractivity contribution in [1.29, 1.82) is 0 Å². The first-order chi connectivity index (χ1) is 6.31. The first-order valence-corrected chi connectivity index (χ1v) is 5.85. The first kappa shape index (κ1) is 13.8. The maximum absolute atomic E-state index is 10.7. The van der Waals surface area contributed by atoms with E-state index in [4.69, 9.17) is 10.8 Å². The number of thioether (sulfide) groups is 1. The van der Waals surface area contributed by atoms with Crippen molar-refractivity contribution in [3.8, 4) is 0 Å². The van der Waals surface area contributed by atoms with E-state index in [1.165, 1.54) is 0 Å². The van der Waals surface area contributed by atoms with E-state index in [2.05, 4.69) is 13.8 Å². The minimum absolute atomic E-state index is 0.402. The van der Waals surface area contributed by atoms with E-state index in [1.807, 2.05) is 13.8 Å². The highest BCUT2D eigenvalue weighted by molar-refractivity contribution is 8.01. The highest BCUT2D eigenvalue weighted by Crippen LogP contribution is 2.33. The Kier molecular flexibility index (Phi) is 5.52. The molecule has 0 aromatic rings. The Hall–Kier alpha value is -0.220. The fourth-order valence-electron chi connectivity index (χ4n) is 1.35. The minimum atomic E-state index is -0.925. The monoisotopic (exact) mass is 219 g/mol. The van der Waals surface area contributed by atoms with Gasteiger partial charge in [0.15, 0.2) is 0 Å². The van der Waals surface area contributed by atoms with Gasteiger partial charge < -0.3 is 10.8 Å². The maximum Gasteiger partial charge on any atom is 0.321 e. The van der Waals surface area contributed by atoms with E-state index in [-0.39, 0.29) is 0 Å². The Morgan fingerprint density at radius 1 is 1.57 bits per heavy atom. The molecule has 0 aliphatic carbocycles. The van der Waals surface area contributed by atoms with E-state index >= 15 is 0 Å². The molecule has 0 saturated carbocycles. The molecule has 0 amide bonds. The van der Waals surface area contributed by atoms with Crippen LogP contribution < -0.4 is 5.73 Å². The summed E-state index contributed by atoms with van der Waals surface area (Å²) in [5.74, 6) is -0.925. The van der Waals surface area contributed by atoms with Gasteiger partial charge in [-0.05, 0) is 20.3 Å². The third kappa shape index (κ3) is 4.33. The quantitative estimate of drug-likeness (QED) is 0.718. The molecule has 14 heavy (non-hydrogen) atoms. The Morgan fingerprint density at radius 3 is 2.43 bits per heavy atom. The molecule has 3 N–H and O–H groups in total. The van der Waals surface area contributed by atoms with Crippen LogP contribution in [0.15, 0.2) is 0 Å². The van der Waals surface area contributed by atoms with Crippen LogP contribution >= 0.6 is 11.8 Å². The molecule has 0 heterocycles. The standard InChI is InChI=1S/C10H21NO2S/c1-5-6-7(2)14-10(3,4)8(11)9(12)13/h7-8H,5-6,11H2,1-4H3,(H,12,13)/t7?,8-/m1/s1. The number of hydrogen-bond acceptors (Lipinski definition) is 3. The Balaban J connectivity index is 4.25. The largest absolute Gasteiger partial charge is 0.480 e. The summed E-state index contributed by atoms with van der Waals surface area (Å²) in [6.07, 6.45) is 2.22. The van der Waals surface area contributed by atoms with Crippen LogP contribution in [0.2, 0.25) is 0 Å². The molecule has 0 radical (unpaired) electrons. The number of carboxylic acid groups (broad SMARTS) is 1. The summed E-state index contributed by atoms with van der Waals surface area (Å²) in [5, 5.41) is 9.28. The fraction of sp³-hybridized carbons (Fsp3) is 0.900. The topological polar surface area (TPSA) is 63.3 Å². The van der Waals surface area contributed by atoms with Crippen LogP contribution in [-0.4, -0.2) is 27.1 Å². The molecule has 84 valence electrons. The van der Waals surface area contributed by atoms with Gasteiger partial charge in [0, 0.05) is 10.00 Å². The molecule has 0 aliphatic heterocycles. The molecule has 2 atom stereocenters. The molecular weight excluding hydrogens is 198 g/mol. The predicted octanol–water partition coefficient (Wildman–Crippen LogP) is 2.10. The van der Waals surface area contributed by atoms with E-state index in [9.17, 15) is 4.79 Å². The summed E-state index contributed by atoms with van der Waals surface area (Å²) in [4.78, 5) is 10.7. The summed E-state index contributed by atoms with van der Waals surface area (Å²) >= 11 is 1.66. The van der Waals surface area contributed by atoms with E-state index < -0.39 is 16.8 Å². The van der Waals surface area contributed by atoms with Crippen LogP contribution in [0, 0.1) is 0 Å². The van der Waals surface area contributed by atoms with Gasteiger partial charge in [0.1, 0.15) is 6.04 Å². The lowest BCUT2D eigenvalue weighted by Gasteiger charge is -2.30. The molecule has 0 fully saturated rings. The average molecular weight is 219 g/mol. The van der Waals surface area contributed by atoms with Crippen molar-refractivity contribution in [1.82, 2.24) is 0 Å². The number of nitrogens with two attached hydrogens (primary N) is 1. The van der Waals surface area contributed by atoms with Crippen molar-refractivity contribution in [2.75, 3.05) is 0 Å². The molecule has 0 spiro atoms. The molecular formula is C10H21NO2S. The third-order valence-corrected chi connectivity index (χ3v) is 3.71. The van der Waals surface area contributed by atoms with Crippen LogP contribution in [0.3, 0.4) is 0 Å². The second-order valence-electron chi connectivity index (χ2n) is 4.14. The minimum Gasteiger partial charge on any atom is -0.480 e. The van der Waals surface area contributed by atoms with Gasteiger partial charge in [0.05, 0.1) is 0 Å². The van der Waals surface area contributed by atoms with E-state index in [0.717, 1.165) is 12.8 Å². The molecule has 4 heteroatoms. The van der Waals surface area contributed by atoms with Gasteiger partial charge in [-0.25, -0.2) is 0 Å². The van der Waals surface area contributed by atoms with Crippen molar-refractivity contribution >= 4 is 17.7 Å². The van der Waals surface area contributed by atoms with Gasteiger partial charge in [-0.2, -0.15) is 11.8 Å². The Labute approximate surface area is 90.4 Å². The summed E-state index contributed by atoms with van der Waals surface area (Å²) in [6.45, 7) is 8.02. The fourth-order valence-corrected chi connectivity index (χ4v) is 2.99. The van der Waals surface area contributed by atoms with E-state index in [1.54, 1.807) is 11.8 Å². The van der Waals surface area contributed by atoms with Crippen molar-refractivity contribution in [3.05, 3.63) is 0 Å². The van der Waals surface area contributed by atoms with E-state index in [0.29, 0.717) is 5.25 Å². The summed E-state index contributed by atoms with van der Waals surface area (Å²) in [5.41, 5.74) is 5.62. The molecule has 3 nitrogen and oxygen atoms in total. The number of carboxylic acids is 1. The zero-order valence-corrected chi connectivity index (χ0v) is 10.2. The Morgan fingerprint density at radius 2 is 2.07 bits per heavy atom. The zero-order valence-electron chi connectivity index (χ0n) is 9.41. The van der Waals surface area contributed by atoms with Crippen LogP contribution in [0.25, 0.3) is 0 Å². The van der Waals surface area contributed by atoms with Crippen LogP contribution in [0.5, 0.6) is 0 Å². The number of rotatable bonds is 6. The SMILES string of the molecule is CCCC(C)SC(C)(C)[C@H](N)C(=O)O. The van der Waals surface area contributed by atoms with Crippen LogP contribution in [0.1, 0.15) is 40.5 Å². The lowest BCUT2D eigenvalue weighted by Crippen LogP contribution is -2.47. The van der Waals surface area contributed by atoms with Gasteiger partial charge in [-0.3, -0.25) is 4.79 Å². The molecule has 0 aromatic carbocycles. The average Bonchev–Trinajstić information content (AvgIpc) is 2.02. The molecule has 1 unspecified atom stereocenters. The van der Waals surface area contributed by atoms with Gasteiger partial charge in [0.2, 0.25) is 0 Å². The Bertz CT molecular complexity index is 195. The summed E-state index contributed by atoms with van der Waals surface area (Å²) < 4.78 is -0.402. The number of carbonyl (C=O) groups is 1. The maximum atomic E-state index is 10.7.